The summed E-state index contributed by atoms with van der Waals surface area (Å²) in [7, 11) is 1.34. The van der Waals surface area contributed by atoms with E-state index in [0.717, 1.165) is 20.3 Å². The number of benzene rings is 1. The summed E-state index contributed by atoms with van der Waals surface area (Å²) >= 11 is 7.51. The molecule has 2 aromatic heterocycles. The van der Waals surface area contributed by atoms with Gasteiger partial charge in [-0.2, -0.15) is 4.98 Å². The predicted molar refractivity (Wildman–Crippen MR) is 80.4 cm³/mol. The van der Waals surface area contributed by atoms with E-state index in [9.17, 15) is 4.79 Å². The highest BCUT2D eigenvalue weighted by molar-refractivity contribution is 7.26. The summed E-state index contributed by atoms with van der Waals surface area (Å²) in [5, 5.41) is 4.11. The summed E-state index contributed by atoms with van der Waals surface area (Å²) in [6.07, 6.45) is 0. The number of anilines is 1. The second-order valence-corrected chi connectivity index (χ2v) is 5.44. The second kappa shape index (κ2) is 5.22. The topological polar surface area (TPSA) is 64.1 Å². The van der Waals surface area contributed by atoms with E-state index in [4.69, 9.17) is 11.6 Å². The van der Waals surface area contributed by atoms with Crippen LogP contribution in [0.25, 0.3) is 20.3 Å². The van der Waals surface area contributed by atoms with Crippen LogP contribution >= 0.6 is 22.9 Å². The molecule has 0 atom stereocenters. The summed E-state index contributed by atoms with van der Waals surface area (Å²) in [5.74, 6) is 0.181. The number of carbonyl (C=O) groups excluding carboxylic acids is 1. The molecule has 1 N–H and O–H groups in total. The first-order valence-corrected chi connectivity index (χ1v) is 7.04. The Morgan fingerprint density at radius 3 is 3.00 bits per heavy atom. The van der Waals surface area contributed by atoms with E-state index in [2.05, 4.69) is 20.0 Å². The van der Waals surface area contributed by atoms with E-state index in [1.54, 1.807) is 11.3 Å². The molecule has 0 fully saturated rings. The number of carbonyl (C=O) groups is 1. The Hall–Kier alpha value is -1.92. The minimum absolute atomic E-state index is 0.0349. The van der Waals surface area contributed by atoms with Crippen LogP contribution in [0.2, 0.25) is 5.28 Å². The lowest BCUT2D eigenvalue weighted by atomic mass is 10.2. The molecule has 102 valence electrons. The van der Waals surface area contributed by atoms with E-state index in [0.29, 0.717) is 5.82 Å². The van der Waals surface area contributed by atoms with Gasteiger partial charge in [0.1, 0.15) is 12.4 Å². The molecule has 0 radical (unpaired) electrons. The molecule has 7 heteroatoms. The fourth-order valence-electron chi connectivity index (χ4n) is 1.91. The van der Waals surface area contributed by atoms with E-state index in [1.165, 1.54) is 7.11 Å². The molecule has 3 aromatic rings. The lowest BCUT2D eigenvalue weighted by molar-refractivity contribution is -0.138. The molecule has 0 amide bonds. The van der Waals surface area contributed by atoms with Crippen LogP contribution in [0.5, 0.6) is 0 Å². The number of thiophene rings is 1. The van der Waals surface area contributed by atoms with Crippen molar-refractivity contribution >= 4 is 55.0 Å². The SMILES string of the molecule is COC(=O)CNc1nc(Cl)nc2c1sc1ccccc12. The minimum Gasteiger partial charge on any atom is -0.468 e. The average Bonchev–Trinajstić information content (AvgIpc) is 2.83. The van der Waals surface area contributed by atoms with Gasteiger partial charge >= 0.3 is 5.97 Å². The third-order valence-corrected chi connectivity index (χ3v) is 4.16. The van der Waals surface area contributed by atoms with Crippen LogP contribution in [-0.4, -0.2) is 29.6 Å². The highest BCUT2D eigenvalue weighted by atomic mass is 35.5. The molecule has 20 heavy (non-hydrogen) atoms. The van der Waals surface area contributed by atoms with Gasteiger partial charge < -0.3 is 10.1 Å². The standard InChI is InChI=1S/C13H10ClN3O2S/c1-19-9(18)6-15-12-11-10(16-13(14)17-12)7-4-2-3-5-8(7)20-11/h2-5H,6H2,1H3,(H,15,16,17). The molecule has 0 saturated carbocycles. The first-order chi connectivity index (χ1) is 9.69. The third kappa shape index (κ3) is 2.28. The summed E-state index contributed by atoms with van der Waals surface area (Å²) in [4.78, 5) is 19.6. The lowest BCUT2D eigenvalue weighted by Gasteiger charge is -2.05. The molecule has 1 aromatic carbocycles. The van der Waals surface area contributed by atoms with Gasteiger partial charge in [-0.1, -0.05) is 18.2 Å². The van der Waals surface area contributed by atoms with Crippen molar-refractivity contribution in [3.05, 3.63) is 29.5 Å². The molecule has 5 nitrogen and oxygen atoms in total. The Kier molecular flexibility index (Phi) is 3.42. The number of rotatable bonds is 3. The summed E-state index contributed by atoms with van der Waals surface area (Å²) in [6, 6.07) is 7.92. The monoisotopic (exact) mass is 307 g/mol. The number of esters is 1. The summed E-state index contributed by atoms with van der Waals surface area (Å²) in [6.45, 7) is 0.0349. The predicted octanol–water partition coefficient (Wildman–Crippen LogP) is 3.08. The lowest BCUT2D eigenvalue weighted by Crippen LogP contribution is -2.15. The van der Waals surface area contributed by atoms with Crippen LogP contribution in [-0.2, 0) is 9.53 Å². The summed E-state index contributed by atoms with van der Waals surface area (Å²) in [5.41, 5.74) is 0.790. The molecule has 3 rings (SSSR count). The number of ether oxygens (including phenoxy) is 1. The van der Waals surface area contributed by atoms with Gasteiger partial charge in [-0.3, -0.25) is 4.79 Å². The highest BCUT2D eigenvalue weighted by Crippen LogP contribution is 2.36. The molecule has 0 unspecified atom stereocenters. The van der Waals surface area contributed by atoms with Crippen LogP contribution in [0.4, 0.5) is 5.82 Å². The number of fused-ring (bicyclic) bond motifs is 3. The maximum Gasteiger partial charge on any atom is 0.325 e. The number of hydrogen-bond acceptors (Lipinski definition) is 6. The number of hydrogen-bond donors (Lipinski definition) is 1. The highest BCUT2D eigenvalue weighted by Gasteiger charge is 2.13. The molecule has 0 aliphatic rings. The molecule has 0 spiro atoms. The Bertz CT molecular complexity index is 803. The fraction of sp³-hybridized carbons (Fsp3) is 0.154. The number of halogens is 1. The van der Waals surface area contributed by atoms with Crippen LogP contribution in [0.15, 0.2) is 24.3 Å². The van der Waals surface area contributed by atoms with Crippen LogP contribution in [0.3, 0.4) is 0 Å². The average molecular weight is 308 g/mol. The van der Waals surface area contributed by atoms with Gasteiger partial charge in [-0.15, -0.1) is 11.3 Å². The Morgan fingerprint density at radius 1 is 1.40 bits per heavy atom. The largest absolute Gasteiger partial charge is 0.468 e. The van der Waals surface area contributed by atoms with Crippen molar-refractivity contribution < 1.29 is 9.53 Å². The van der Waals surface area contributed by atoms with Gasteiger partial charge in [0.25, 0.3) is 0 Å². The Balaban J connectivity index is 2.13. The smallest absolute Gasteiger partial charge is 0.325 e. The van der Waals surface area contributed by atoms with Gasteiger partial charge in [0, 0.05) is 10.1 Å². The maximum absolute atomic E-state index is 11.2. The second-order valence-electron chi connectivity index (χ2n) is 4.05. The van der Waals surface area contributed by atoms with Crippen molar-refractivity contribution in [2.75, 3.05) is 19.0 Å². The van der Waals surface area contributed by atoms with Gasteiger partial charge in [0.2, 0.25) is 5.28 Å². The number of nitrogens with zero attached hydrogens (tertiary/aromatic N) is 2. The molecule has 2 heterocycles. The molecule has 0 saturated heterocycles. The van der Waals surface area contributed by atoms with E-state index in [1.807, 2.05) is 24.3 Å². The van der Waals surface area contributed by atoms with Gasteiger partial charge in [-0.25, -0.2) is 4.98 Å². The quantitative estimate of drug-likeness (QED) is 0.595. The van der Waals surface area contributed by atoms with Crippen molar-refractivity contribution in [2.45, 2.75) is 0 Å². The Labute approximate surface area is 123 Å². The normalized spacial score (nSPS) is 10.9. The van der Waals surface area contributed by atoms with E-state index >= 15 is 0 Å². The minimum atomic E-state index is -0.367. The van der Waals surface area contributed by atoms with Crippen LogP contribution in [0, 0.1) is 0 Å². The maximum atomic E-state index is 11.2. The van der Waals surface area contributed by atoms with Gasteiger partial charge in [0.05, 0.1) is 17.3 Å². The van der Waals surface area contributed by atoms with Crippen molar-refractivity contribution in [2.24, 2.45) is 0 Å². The Morgan fingerprint density at radius 2 is 2.20 bits per heavy atom. The van der Waals surface area contributed by atoms with Crippen molar-refractivity contribution in [3.8, 4) is 0 Å². The first-order valence-electron chi connectivity index (χ1n) is 5.84. The van der Waals surface area contributed by atoms with Crippen LogP contribution in [0.1, 0.15) is 0 Å². The zero-order chi connectivity index (χ0) is 14.1. The summed E-state index contributed by atoms with van der Waals surface area (Å²) < 4.78 is 6.57. The molecule has 0 aliphatic carbocycles. The number of methoxy groups -OCH3 is 1. The van der Waals surface area contributed by atoms with Crippen molar-refractivity contribution in [1.82, 2.24) is 9.97 Å². The van der Waals surface area contributed by atoms with Gasteiger partial charge in [0.15, 0.2) is 0 Å². The molecular weight excluding hydrogens is 298 g/mol. The third-order valence-electron chi connectivity index (χ3n) is 2.82. The van der Waals surface area contributed by atoms with E-state index < -0.39 is 0 Å². The van der Waals surface area contributed by atoms with Gasteiger partial charge in [-0.05, 0) is 17.7 Å². The molecular formula is C13H10ClN3O2S. The number of nitrogens with one attached hydrogen (secondary N) is 1. The zero-order valence-corrected chi connectivity index (χ0v) is 12.1. The van der Waals surface area contributed by atoms with Crippen molar-refractivity contribution in [3.63, 3.8) is 0 Å². The first kappa shape index (κ1) is 13.1. The van der Waals surface area contributed by atoms with E-state index in [-0.39, 0.29) is 17.8 Å². The van der Waals surface area contributed by atoms with Crippen LogP contribution < -0.4 is 5.32 Å². The number of aromatic nitrogens is 2. The van der Waals surface area contributed by atoms with Crippen molar-refractivity contribution in [1.29, 1.82) is 0 Å². The molecule has 0 aliphatic heterocycles. The fourth-order valence-corrected chi connectivity index (χ4v) is 3.19. The zero-order valence-electron chi connectivity index (χ0n) is 10.5. The molecule has 0 bridgehead atoms.